The van der Waals surface area contributed by atoms with Crippen LogP contribution in [0, 0.1) is 6.92 Å². The fourth-order valence-corrected chi connectivity index (χ4v) is 3.84. The van der Waals surface area contributed by atoms with Crippen LogP contribution in [-0.4, -0.2) is 13.7 Å². The average molecular weight is 368 g/mol. The van der Waals surface area contributed by atoms with Gasteiger partial charge in [-0.2, -0.15) is 0 Å². The van der Waals surface area contributed by atoms with Crippen molar-refractivity contribution in [1.29, 1.82) is 0 Å². The SMILES string of the molecule is Cc1ccc(C(N)C(C)S(=O)(=O)c2ccc(Br)cc2)cc1. The molecule has 0 aliphatic rings. The predicted octanol–water partition coefficient (Wildman–Crippen LogP) is 3.62. The Kier molecular flexibility index (Phi) is 4.86. The van der Waals surface area contributed by atoms with Gasteiger partial charge >= 0.3 is 0 Å². The van der Waals surface area contributed by atoms with Gasteiger partial charge in [-0.1, -0.05) is 45.8 Å². The van der Waals surface area contributed by atoms with E-state index in [2.05, 4.69) is 15.9 Å². The van der Waals surface area contributed by atoms with E-state index in [0.717, 1.165) is 15.6 Å². The molecule has 0 aliphatic carbocycles. The van der Waals surface area contributed by atoms with Crippen LogP contribution >= 0.6 is 15.9 Å². The van der Waals surface area contributed by atoms with Crippen molar-refractivity contribution in [3.8, 4) is 0 Å². The Morgan fingerprint density at radius 1 is 1.00 bits per heavy atom. The van der Waals surface area contributed by atoms with E-state index in [1.807, 2.05) is 31.2 Å². The lowest BCUT2D eigenvalue weighted by atomic mass is 10.0. The van der Waals surface area contributed by atoms with Crippen molar-refractivity contribution in [1.82, 2.24) is 0 Å². The second kappa shape index (κ2) is 6.30. The second-order valence-corrected chi connectivity index (χ2v) is 8.36. The molecule has 2 rings (SSSR count). The molecule has 5 heteroatoms. The van der Waals surface area contributed by atoms with Crippen LogP contribution in [0.4, 0.5) is 0 Å². The zero-order chi connectivity index (χ0) is 15.6. The summed E-state index contributed by atoms with van der Waals surface area (Å²) in [5.74, 6) is 0. The van der Waals surface area contributed by atoms with Crippen molar-refractivity contribution in [2.75, 3.05) is 0 Å². The number of nitrogens with two attached hydrogens (primary N) is 1. The molecule has 0 saturated carbocycles. The van der Waals surface area contributed by atoms with Crippen molar-refractivity contribution in [2.45, 2.75) is 30.0 Å². The predicted molar refractivity (Wildman–Crippen MR) is 88.9 cm³/mol. The second-order valence-electron chi connectivity index (χ2n) is 5.14. The summed E-state index contributed by atoms with van der Waals surface area (Å²) in [7, 11) is -3.46. The summed E-state index contributed by atoms with van der Waals surface area (Å²) in [6.07, 6.45) is 0. The quantitative estimate of drug-likeness (QED) is 0.897. The minimum absolute atomic E-state index is 0.292. The molecular weight excluding hydrogens is 350 g/mol. The normalized spacial score (nSPS) is 14.7. The number of hydrogen-bond acceptors (Lipinski definition) is 3. The van der Waals surface area contributed by atoms with Gasteiger partial charge in [-0.25, -0.2) is 8.42 Å². The van der Waals surface area contributed by atoms with Crippen molar-refractivity contribution < 1.29 is 8.42 Å². The van der Waals surface area contributed by atoms with Crippen molar-refractivity contribution in [3.63, 3.8) is 0 Å². The van der Waals surface area contributed by atoms with Gasteiger partial charge in [-0.15, -0.1) is 0 Å². The van der Waals surface area contributed by atoms with Gasteiger partial charge in [0.05, 0.1) is 10.1 Å². The summed E-state index contributed by atoms with van der Waals surface area (Å²) < 4.78 is 26.1. The Morgan fingerprint density at radius 2 is 1.52 bits per heavy atom. The molecule has 2 aromatic rings. The van der Waals surface area contributed by atoms with Gasteiger partial charge in [-0.05, 0) is 43.7 Å². The van der Waals surface area contributed by atoms with Crippen LogP contribution in [0.5, 0.6) is 0 Å². The molecule has 3 nitrogen and oxygen atoms in total. The van der Waals surface area contributed by atoms with Crippen LogP contribution in [0.1, 0.15) is 24.1 Å². The van der Waals surface area contributed by atoms with Gasteiger partial charge in [0.2, 0.25) is 0 Å². The number of sulfone groups is 1. The van der Waals surface area contributed by atoms with E-state index >= 15 is 0 Å². The van der Waals surface area contributed by atoms with E-state index < -0.39 is 21.1 Å². The molecule has 0 amide bonds. The third kappa shape index (κ3) is 3.54. The van der Waals surface area contributed by atoms with Crippen LogP contribution in [0.15, 0.2) is 57.9 Å². The van der Waals surface area contributed by atoms with E-state index in [9.17, 15) is 8.42 Å². The Morgan fingerprint density at radius 3 is 2.05 bits per heavy atom. The van der Waals surface area contributed by atoms with Crippen LogP contribution < -0.4 is 5.73 Å². The highest BCUT2D eigenvalue weighted by atomic mass is 79.9. The van der Waals surface area contributed by atoms with Gasteiger partial charge in [0.1, 0.15) is 0 Å². The summed E-state index contributed by atoms with van der Waals surface area (Å²) in [4.78, 5) is 0.292. The molecule has 0 radical (unpaired) electrons. The Labute approximate surface area is 134 Å². The van der Waals surface area contributed by atoms with E-state index in [0.29, 0.717) is 4.90 Å². The summed E-state index contributed by atoms with van der Waals surface area (Å²) >= 11 is 3.30. The lowest BCUT2D eigenvalue weighted by Gasteiger charge is -2.21. The molecule has 0 spiro atoms. The van der Waals surface area contributed by atoms with Crippen LogP contribution in [0.2, 0.25) is 0 Å². The van der Waals surface area contributed by atoms with E-state index in [1.54, 1.807) is 31.2 Å². The first-order chi connectivity index (χ1) is 9.82. The van der Waals surface area contributed by atoms with Gasteiger partial charge < -0.3 is 5.73 Å². The van der Waals surface area contributed by atoms with Crippen LogP contribution in [0.25, 0.3) is 0 Å². The van der Waals surface area contributed by atoms with E-state index in [1.165, 1.54) is 0 Å². The fourth-order valence-electron chi connectivity index (χ4n) is 2.09. The topological polar surface area (TPSA) is 60.2 Å². The lowest BCUT2D eigenvalue weighted by molar-refractivity contribution is 0.565. The monoisotopic (exact) mass is 367 g/mol. The fraction of sp³-hybridized carbons (Fsp3) is 0.250. The van der Waals surface area contributed by atoms with E-state index in [-0.39, 0.29) is 0 Å². The molecule has 0 bridgehead atoms. The standard InChI is InChI=1S/C16H18BrNO2S/c1-11-3-5-13(6-4-11)16(18)12(2)21(19,20)15-9-7-14(17)8-10-15/h3-10,12,16H,18H2,1-2H3. The molecule has 2 atom stereocenters. The first kappa shape index (κ1) is 16.2. The Balaban J connectivity index is 2.31. The van der Waals surface area contributed by atoms with Gasteiger partial charge in [0.15, 0.2) is 9.84 Å². The minimum atomic E-state index is -3.46. The smallest absolute Gasteiger partial charge is 0.182 e. The lowest BCUT2D eigenvalue weighted by Crippen LogP contribution is -2.31. The molecule has 2 N–H and O–H groups in total. The van der Waals surface area contributed by atoms with Gasteiger partial charge in [0.25, 0.3) is 0 Å². The molecule has 0 fully saturated rings. The van der Waals surface area contributed by atoms with E-state index in [4.69, 9.17) is 5.73 Å². The zero-order valence-corrected chi connectivity index (χ0v) is 14.4. The van der Waals surface area contributed by atoms with Gasteiger partial charge in [0, 0.05) is 10.5 Å². The maximum absolute atomic E-state index is 12.6. The summed E-state index contributed by atoms with van der Waals surface area (Å²) in [5.41, 5.74) is 8.10. The molecule has 2 aromatic carbocycles. The third-order valence-electron chi connectivity index (χ3n) is 3.60. The first-order valence-corrected chi connectivity index (χ1v) is 8.98. The summed E-state index contributed by atoms with van der Waals surface area (Å²) in [6, 6.07) is 13.7. The Bertz CT molecular complexity index is 709. The first-order valence-electron chi connectivity index (χ1n) is 6.64. The Hall–Kier alpha value is -1.17. The molecule has 0 saturated heterocycles. The van der Waals surface area contributed by atoms with Gasteiger partial charge in [-0.3, -0.25) is 0 Å². The molecule has 112 valence electrons. The third-order valence-corrected chi connectivity index (χ3v) is 6.33. The largest absolute Gasteiger partial charge is 0.323 e. The highest BCUT2D eigenvalue weighted by molar-refractivity contribution is 9.10. The summed E-state index contributed by atoms with van der Waals surface area (Å²) in [5, 5.41) is -0.693. The molecule has 0 aromatic heterocycles. The average Bonchev–Trinajstić information content (AvgIpc) is 2.47. The molecule has 21 heavy (non-hydrogen) atoms. The minimum Gasteiger partial charge on any atom is -0.323 e. The maximum atomic E-state index is 12.6. The number of hydrogen-bond donors (Lipinski definition) is 1. The van der Waals surface area contributed by atoms with Crippen LogP contribution in [0.3, 0.4) is 0 Å². The maximum Gasteiger partial charge on any atom is 0.182 e. The highest BCUT2D eigenvalue weighted by Gasteiger charge is 2.29. The summed E-state index contributed by atoms with van der Waals surface area (Å²) in [6.45, 7) is 3.64. The van der Waals surface area contributed by atoms with Crippen molar-refractivity contribution >= 4 is 25.8 Å². The molecular formula is C16H18BrNO2S. The number of rotatable bonds is 4. The highest BCUT2D eigenvalue weighted by Crippen LogP contribution is 2.26. The van der Waals surface area contributed by atoms with Crippen molar-refractivity contribution in [2.24, 2.45) is 5.73 Å². The van der Waals surface area contributed by atoms with Crippen LogP contribution in [-0.2, 0) is 9.84 Å². The number of aryl methyl sites for hydroxylation is 1. The molecule has 2 unspecified atom stereocenters. The van der Waals surface area contributed by atoms with Crippen molar-refractivity contribution in [3.05, 3.63) is 64.1 Å². The molecule has 0 heterocycles. The zero-order valence-electron chi connectivity index (χ0n) is 12.0. The number of halogens is 1. The number of benzene rings is 2. The molecule has 0 aliphatic heterocycles.